The highest BCUT2D eigenvalue weighted by atomic mass is 16.7. The predicted octanol–water partition coefficient (Wildman–Crippen LogP) is -3.12. The first-order chi connectivity index (χ1) is 48.1. The first kappa shape index (κ1) is 77.1. The number of carboxylic acids is 1. The quantitative estimate of drug-likeness (QED) is 0.0179. The number of amides is 2. The number of carbonyl (C=O) groups excluding carboxylic acids is 2. The Balaban J connectivity index is 0.855. The molecule has 2 amide bonds. The zero-order valence-electron chi connectivity index (χ0n) is 57.3. The van der Waals surface area contributed by atoms with Gasteiger partial charge in [0.2, 0.25) is 11.9 Å². The number of H-pyrrole nitrogens is 1. The predicted molar refractivity (Wildman–Crippen MR) is 344 cm³/mol. The number of carboxylic acid groups (broad SMARTS) is 1. The van der Waals surface area contributed by atoms with Crippen LogP contribution in [-0.4, -0.2) is 310 Å². The molecule has 554 valence electrons. The number of methoxy groups -OCH3 is 8. The van der Waals surface area contributed by atoms with Gasteiger partial charge in [0.25, 0.3) is 11.5 Å². The van der Waals surface area contributed by atoms with Crippen molar-refractivity contribution < 1.29 is 106 Å². The fourth-order valence-electron chi connectivity index (χ4n) is 12.9. The summed E-state index contributed by atoms with van der Waals surface area (Å²) in [7, 11) is 11.5. The van der Waals surface area contributed by atoms with E-state index < -0.39 is 152 Å². The largest absolute Gasteiger partial charge is 0.480 e. The lowest BCUT2D eigenvalue weighted by atomic mass is 9.94. The van der Waals surface area contributed by atoms with Gasteiger partial charge in [-0.25, -0.2) is 24.1 Å². The molecule has 4 aromatic heterocycles. The number of aromatic nitrogens is 10. The maximum absolute atomic E-state index is 13.4. The minimum atomic E-state index is -1.41. The number of fused-ring (bicyclic) bond motifs is 1. The van der Waals surface area contributed by atoms with E-state index in [2.05, 4.69) is 56.5 Å². The summed E-state index contributed by atoms with van der Waals surface area (Å²) in [5.41, 5.74) is 7.33. The molecule has 0 bridgehead atoms. The lowest BCUT2D eigenvalue weighted by Crippen LogP contribution is -2.65. The number of aliphatic hydroxyl groups is 4. The van der Waals surface area contributed by atoms with E-state index in [-0.39, 0.29) is 88.0 Å². The van der Waals surface area contributed by atoms with Crippen molar-refractivity contribution in [2.75, 3.05) is 94.2 Å². The molecule has 0 radical (unpaired) electrons. The molecule has 9 rings (SSSR count). The summed E-state index contributed by atoms with van der Waals surface area (Å²) < 4.78 is 86.0. The third kappa shape index (κ3) is 19.0. The van der Waals surface area contributed by atoms with E-state index in [1.165, 1.54) is 84.6 Å². The van der Waals surface area contributed by atoms with Gasteiger partial charge in [-0.1, -0.05) is 10.4 Å². The number of nitrogens with two attached hydrogens (primary N) is 1. The van der Waals surface area contributed by atoms with Gasteiger partial charge in [-0.15, -0.1) is 10.2 Å². The van der Waals surface area contributed by atoms with Crippen LogP contribution < -0.4 is 27.2 Å². The smallest absolute Gasteiger partial charge is 0.326 e. The Bertz CT molecular complexity index is 3460. The molecule has 1 aromatic carbocycles. The number of aromatic amines is 1. The van der Waals surface area contributed by atoms with E-state index in [1.807, 2.05) is 4.90 Å². The molecule has 0 spiro atoms. The number of benzene rings is 1. The van der Waals surface area contributed by atoms with Crippen LogP contribution in [-0.2, 0) is 109 Å². The molecule has 11 N–H and O–H groups in total. The van der Waals surface area contributed by atoms with Gasteiger partial charge in [0, 0.05) is 113 Å². The van der Waals surface area contributed by atoms with E-state index in [1.54, 1.807) is 38.4 Å². The summed E-state index contributed by atoms with van der Waals surface area (Å²) in [6.07, 6.45) is -14.7. The molecule has 38 nitrogen and oxygen atoms in total. The molecule has 100 heavy (non-hydrogen) atoms. The van der Waals surface area contributed by atoms with Crippen molar-refractivity contribution in [2.24, 2.45) is 0 Å². The molecule has 21 atom stereocenters. The molecule has 0 aliphatic carbocycles. The second-order valence-electron chi connectivity index (χ2n) is 24.7. The van der Waals surface area contributed by atoms with Crippen LogP contribution in [0.3, 0.4) is 0 Å². The fraction of sp³-hybridized carbons (Fsp3) is 0.694. The average Bonchev–Trinajstić information content (AvgIpc) is 1.34. The molecule has 8 heterocycles. The topological polar surface area (TPSA) is 480 Å². The van der Waals surface area contributed by atoms with Crippen molar-refractivity contribution in [2.45, 2.75) is 194 Å². The van der Waals surface area contributed by atoms with Crippen LogP contribution >= 0.6 is 0 Å². The minimum Gasteiger partial charge on any atom is -0.480 e. The van der Waals surface area contributed by atoms with Gasteiger partial charge in [-0.3, -0.25) is 24.3 Å². The third-order valence-electron chi connectivity index (χ3n) is 17.9. The van der Waals surface area contributed by atoms with Crippen molar-refractivity contribution in [3.05, 3.63) is 75.9 Å². The van der Waals surface area contributed by atoms with Crippen LogP contribution in [0.4, 0.5) is 11.6 Å². The first-order valence-corrected chi connectivity index (χ1v) is 32.6. The number of nitrogens with one attached hydrogen (secondary N) is 4. The van der Waals surface area contributed by atoms with Gasteiger partial charge in [0.1, 0.15) is 104 Å². The highest BCUT2D eigenvalue weighted by Crippen LogP contribution is 2.35. The van der Waals surface area contributed by atoms with Crippen LogP contribution in [0.1, 0.15) is 60.5 Å². The molecule has 5 aromatic rings. The number of ether oxygens (including phenoxy) is 14. The molecule has 4 fully saturated rings. The van der Waals surface area contributed by atoms with Crippen molar-refractivity contribution in [1.29, 1.82) is 0 Å². The van der Waals surface area contributed by atoms with Gasteiger partial charge in [-0.05, 0) is 51.0 Å². The summed E-state index contributed by atoms with van der Waals surface area (Å²) in [6, 6.07) is 4.80. The molecule has 0 saturated carbocycles. The standard InChI is InChI=1S/C62H93N15O23/c1-30-48(89-5)44(79)52(99-61-55(94-10)47(82)51(92-8)40(98-61)28-87-3)39(95-30)27-77-25-36(72-74-77)23-75(22-35-24-76(73-71-35)26-38-50(91-7)46(81)54(93-9)60(97-38)100-53-41(29-88-4)96-31(2)49(90-6)45(53)80)19-11-18-64-42(78)17-16-37(59(85)86)68-57(83)32-12-14-33(15-13-32)65-20-34-21-66-56-43(67-34)58(84)70-62(63)69-56/h12-15,21,24-25,30-31,37-41,44-55,60-61,65,79-82H,11,16-20,22-23,26-29H2,1-10H3,(H,64,78)(H,68,83)(H,85,86)(H3,63,66,69,70,84)/t30-,31-,37?,38?,39?,40?,41?,44+,45+,46-,47-,48?,49?,50-,51-,52-,53-,54?,55?,60-,61-/m0/s1. The summed E-state index contributed by atoms with van der Waals surface area (Å²) in [4.78, 5) is 68.2. The SMILES string of the molecule is COCC1O[C@@H](O[C@H]2C(Cn3cc(CN(CCCNC(=O)CCC(NC(=O)c4ccc(NCc5cnc6nc(N)[nH]c(=O)c6n5)cc4)C(=O)O)Cc4cn(CC5O[C@@H](O[C@H]6C(COC)O[C@@H](C)C(OC)[C@H]6O)C(OC)[C@@H](O)[C@H]5OC)nn4)nn3)O[C@@H](C)C(OC)[C@H]2O)C(OC)[C@@H](O)[C@H]1OC. The van der Waals surface area contributed by atoms with Crippen molar-refractivity contribution in [3.8, 4) is 0 Å². The van der Waals surface area contributed by atoms with E-state index in [0.29, 0.717) is 35.7 Å². The maximum Gasteiger partial charge on any atom is 0.326 e. The normalized spacial score (nSPS) is 30.5. The Morgan fingerprint density at radius 1 is 0.660 bits per heavy atom. The number of nitrogen functional groups attached to an aromatic ring is 1. The zero-order chi connectivity index (χ0) is 71.9. The number of aliphatic hydroxyl groups excluding tert-OH is 4. The Kier molecular flexibility index (Phi) is 27.9. The van der Waals surface area contributed by atoms with Crippen LogP contribution in [0.2, 0.25) is 0 Å². The zero-order valence-corrected chi connectivity index (χ0v) is 57.3. The van der Waals surface area contributed by atoms with E-state index in [0.717, 1.165) is 0 Å². The van der Waals surface area contributed by atoms with Gasteiger partial charge >= 0.3 is 5.97 Å². The average molecular weight is 1420 g/mol. The van der Waals surface area contributed by atoms with Gasteiger partial charge in [-0.2, -0.15) is 4.98 Å². The second-order valence-corrected chi connectivity index (χ2v) is 24.7. The lowest BCUT2D eigenvalue weighted by molar-refractivity contribution is -0.346. The summed E-state index contributed by atoms with van der Waals surface area (Å²) >= 11 is 0. The molecule has 4 aliphatic heterocycles. The van der Waals surface area contributed by atoms with Crippen molar-refractivity contribution in [3.63, 3.8) is 0 Å². The van der Waals surface area contributed by atoms with Gasteiger partial charge in [0.05, 0.1) is 68.3 Å². The molecule has 38 heteroatoms. The van der Waals surface area contributed by atoms with Crippen molar-refractivity contribution >= 4 is 40.6 Å². The molecule has 4 saturated heterocycles. The number of rotatable bonds is 35. The molecular weight excluding hydrogens is 1320 g/mol. The highest BCUT2D eigenvalue weighted by Gasteiger charge is 2.54. The first-order valence-electron chi connectivity index (χ1n) is 32.6. The van der Waals surface area contributed by atoms with E-state index in [9.17, 15) is 44.7 Å². The number of hydrogen-bond donors (Lipinski definition) is 10. The van der Waals surface area contributed by atoms with E-state index >= 15 is 0 Å². The summed E-state index contributed by atoms with van der Waals surface area (Å²) in [5.74, 6) is -2.56. The second kappa shape index (κ2) is 36.2. The monoisotopic (exact) mass is 1420 g/mol. The van der Waals surface area contributed by atoms with Gasteiger partial charge < -0.3 is 114 Å². The summed E-state index contributed by atoms with van der Waals surface area (Å²) in [5, 5.41) is 82.8. The van der Waals surface area contributed by atoms with Gasteiger partial charge in [0.15, 0.2) is 23.7 Å². The molecule has 4 aliphatic rings. The Morgan fingerprint density at radius 3 is 1.70 bits per heavy atom. The maximum atomic E-state index is 13.4. The number of aliphatic carboxylic acids is 1. The minimum absolute atomic E-state index is 0.000500. The summed E-state index contributed by atoms with van der Waals surface area (Å²) in [6.45, 7) is 4.63. The Hall–Kier alpha value is -7.03. The van der Waals surface area contributed by atoms with Crippen LogP contribution in [0.25, 0.3) is 11.2 Å². The highest BCUT2D eigenvalue weighted by molar-refractivity contribution is 5.97. The molecular formula is C62H93N15O23. The third-order valence-corrected chi connectivity index (χ3v) is 17.9. The number of carbonyl (C=O) groups is 3. The lowest BCUT2D eigenvalue weighted by Gasteiger charge is -2.47. The fourth-order valence-corrected chi connectivity index (χ4v) is 12.9. The van der Waals surface area contributed by atoms with Crippen molar-refractivity contribution in [1.82, 2.24) is 65.5 Å². The number of anilines is 2. The Morgan fingerprint density at radius 2 is 1.16 bits per heavy atom. The number of nitrogens with zero attached hydrogens (tertiary/aromatic N) is 10. The van der Waals surface area contributed by atoms with Crippen LogP contribution in [0.5, 0.6) is 0 Å². The van der Waals surface area contributed by atoms with Crippen LogP contribution in [0, 0.1) is 0 Å². The molecule has 9 unspecified atom stereocenters. The Labute approximate surface area is 574 Å². The van der Waals surface area contributed by atoms with Crippen LogP contribution in [0.15, 0.2) is 47.7 Å². The number of hydrogen-bond acceptors (Lipinski definition) is 32. The van der Waals surface area contributed by atoms with E-state index in [4.69, 9.17) is 72.0 Å².